The van der Waals surface area contributed by atoms with Crippen LogP contribution in [0.15, 0.2) is 24.3 Å². The predicted octanol–water partition coefficient (Wildman–Crippen LogP) is 1.27. The smallest absolute Gasteiger partial charge is 0.311 e. The molecule has 3 N–H and O–H groups in total. The molecule has 0 saturated heterocycles. The van der Waals surface area contributed by atoms with E-state index < -0.39 is 12.1 Å². The van der Waals surface area contributed by atoms with Crippen LogP contribution < -0.4 is 11.1 Å². The van der Waals surface area contributed by atoms with Gasteiger partial charge in [0, 0.05) is 12.2 Å². The van der Waals surface area contributed by atoms with Crippen molar-refractivity contribution in [3.63, 3.8) is 0 Å². The predicted molar refractivity (Wildman–Crippen MR) is 73.4 cm³/mol. The van der Waals surface area contributed by atoms with Gasteiger partial charge in [0.05, 0.1) is 6.42 Å². The Balaban J connectivity index is 2.44. The lowest BCUT2D eigenvalue weighted by Gasteiger charge is -2.13. The number of anilines is 1. The number of hydrogen-bond acceptors (Lipinski definition) is 4. The molecule has 0 fully saturated rings. The molecule has 0 aliphatic carbocycles. The minimum atomic E-state index is -0.778. The fraction of sp³-hybridized carbons (Fsp3) is 0.429. The third-order valence-corrected chi connectivity index (χ3v) is 2.53. The Labute approximate surface area is 113 Å². The van der Waals surface area contributed by atoms with Crippen molar-refractivity contribution in [3.8, 4) is 0 Å². The molecule has 0 aromatic heterocycles. The molecule has 1 aromatic carbocycles. The average molecular weight is 264 g/mol. The van der Waals surface area contributed by atoms with Gasteiger partial charge in [0.15, 0.2) is 6.10 Å². The first-order valence-electron chi connectivity index (χ1n) is 6.34. The van der Waals surface area contributed by atoms with E-state index in [9.17, 15) is 9.59 Å². The molecule has 1 unspecified atom stereocenters. The number of nitrogen functional groups attached to an aromatic ring is 1. The molecule has 5 nitrogen and oxygen atoms in total. The van der Waals surface area contributed by atoms with Gasteiger partial charge in [-0.15, -0.1) is 0 Å². The summed E-state index contributed by atoms with van der Waals surface area (Å²) in [6.07, 6.45) is 0.173. The van der Waals surface area contributed by atoms with Crippen molar-refractivity contribution in [2.45, 2.75) is 32.8 Å². The van der Waals surface area contributed by atoms with Gasteiger partial charge >= 0.3 is 5.97 Å². The maximum atomic E-state index is 11.7. The van der Waals surface area contributed by atoms with E-state index in [2.05, 4.69) is 5.32 Å². The summed E-state index contributed by atoms with van der Waals surface area (Å²) in [4.78, 5) is 23.2. The van der Waals surface area contributed by atoms with E-state index in [-0.39, 0.29) is 12.3 Å². The van der Waals surface area contributed by atoms with Crippen molar-refractivity contribution in [1.29, 1.82) is 0 Å². The minimum Gasteiger partial charge on any atom is -0.452 e. The molecule has 0 radical (unpaired) electrons. The molecule has 1 rings (SSSR count). The van der Waals surface area contributed by atoms with E-state index in [4.69, 9.17) is 10.5 Å². The van der Waals surface area contributed by atoms with Gasteiger partial charge in [-0.1, -0.05) is 19.1 Å². The minimum absolute atomic E-state index is 0.108. The summed E-state index contributed by atoms with van der Waals surface area (Å²) in [5.74, 6) is -0.715. The number of hydrogen-bond donors (Lipinski definition) is 2. The summed E-state index contributed by atoms with van der Waals surface area (Å²) in [6.45, 7) is 4.09. The largest absolute Gasteiger partial charge is 0.452 e. The maximum absolute atomic E-state index is 11.7. The van der Waals surface area contributed by atoms with Crippen molar-refractivity contribution >= 4 is 17.6 Å². The molecular weight excluding hydrogens is 244 g/mol. The molecule has 1 aromatic rings. The molecule has 19 heavy (non-hydrogen) atoms. The first-order chi connectivity index (χ1) is 9.02. The van der Waals surface area contributed by atoms with E-state index in [0.717, 1.165) is 12.0 Å². The van der Waals surface area contributed by atoms with E-state index in [1.54, 1.807) is 31.2 Å². The second-order valence-electron chi connectivity index (χ2n) is 4.34. The topological polar surface area (TPSA) is 81.4 Å². The van der Waals surface area contributed by atoms with Gasteiger partial charge < -0.3 is 15.8 Å². The third-order valence-electron chi connectivity index (χ3n) is 2.53. The zero-order valence-electron chi connectivity index (χ0n) is 11.3. The molecule has 0 saturated carbocycles. The molecule has 1 atom stereocenters. The lowest BCUT2D eigenvalue weighted by atomic mass is 10.1. The van der Waals surface area contributed by atoms with Crippen LogP contribution in [0.1, 0.15) is 25.8 Å². The summed E-state index contributed by atoms with van der Waals surface area (Å²) in [7, 11) is 0. The normalized spacial score (nSPS) is 11.7. The number of esters is 1. The van der Waals surface area contributed by atoms with Crippen molar-refractivity contribution in [1.82, 2.24) is 5.32 Å². The van der Waals surface area contributed by atoms with Crippen LogP contribution in [-0.2, 0) is 20.7 Å². The summed E-state index contributed by atoms with van der Waals surface area (Å²) in [5.41, 5.74) is 6.99. The Hall–Kier alpha value is -2.04. The Bertz CT molecular complexity index is 446. The fourth-order valence-corrected chi connectivity index (χ4v) is 1.55. The van der Waals surface area contributed by atoms with Crippen molar-refractivity contribution < 1.29 is 14.3 Å². The van der Waals surface area contributed by atoms with E-state index in [1.165, 1.54) is 0 Å². The monoisotopic (exact) mass is 264 g/mol. The molecular formula is C14H20N2O3. The molecule has 0 aliphatic heterocycles. The van der Waals surface area contributed by atoms with E-state index >= 15 is 0 Å². The first-order valence-corrected chi connectivity index (χ1v) is 6.34. The van der Waals surface area contributed by atoms with Crippen molar-refractivity contribution in [2.24, 2.45) is 0 Å². The third kappa shape index (κ3) is 5.42. The standard InChI is InChI=1S/C14H20N2O3/c1-3-7-16-14(18)10(2)19-13(17)9-11-5-4-6-12(15)8-11/h4-6,8,10H,3,7,9,15H2,1-2H3,(H,16,18). The summed E-state index contributed by atoms with van der Waals surface area (Å²) in [5, 5.41) is 2.67. The molecule has 0 aliphatic rings. The maximum Gasteiger partial charge on any atom is 0.311 e. The van der Waals surface area contributed by atoms with Crippen LogP contribution in [0.2, 0.25) is 0 Å². The van der Waals surface area contributed by atoms with Crippen LogP contribution >= 0.6 is 0 Å². The highest BCUT2D eigenvalue weighted by Gasteiger charge is 2.17. The Morgan fingerprint density at radius 2 is 2.16 bits per heavy atom. The quantitative estimate of drug-likeness (QED) is 0.599. The highest BCUT2D eigenvalue weighted by atomic mass is 16.5. The SMILES string of the molecule is CCCNC(=O)C(C)OC(=O)Cc1cccc(N)c1. The average Bonchev–Trinajstić information content (AvgIpc) is 2.35. The Kier molecular flexibility index (Phi) is 5.85. The van der Waals surface area contributed by atoms with Gasteiger partial charge in [0.2, 0.25) is 0 Å². The summed E-state index contributed by atoms with van der Waals surface area (Å²) >= 11 is 0. The number of carbonyl (C=O) groups is 2. The van der Waals surface area contributed by atoms with Crippen LogP contribution in [0, 0.1) is 0 Å². The zero-order chi connectivity index (χ0) is 14.3. The lowest BCUT2D eigenvalue weighted by Crippen LogP contribution is -2.36. The number of carbonyl (C=O) groups excluding carboxylic acids is 2. The number of rotatable bonds is 6. The molecule has 0 heterocycles. The van der Waals surface area contributed by atoms with Gasteiger partial charge in [0.25, 0.3) is 5.91 Å². The molecule has 5 heteroatoms. The van der Waals surface area contributed by atoms with Gasteiger partial charge in [-0.3, -0.25) is 9.59 Å². The summed E-state index contributed by atoms with van der Waals surface area (Å²) < 4.78 is 5.06. The van der Waals surface area contributed by atoms with Crippen LogP contribution in [0.5, 0.6) is 0 Å². The number of nitrogens with one attached hydrogen (secondary N) is 1. The van der Waals surface area contributed by atoms with Gasteiger partial charge in [-0.25, -0.2) is 0 Å². The van der Waals surface area contributed by atoms with Crippen LogP contribution in [0.3, 0.4) is 0 Å². The summed E-state index contributed by atoms with van der Waals surface area (Å²) in [6, 6.07) is 7.02. The van der Waals surface area contributed by atoms with Gasteiger partial charge in [0.1, 0.15) is 0 Å². The van der Waals surface area contributed by atoms with E-state index in [1.807, 2.05) is 6.92 Å². The molecule has 104 valence electrons. The van der Waals surface area contributed by atoms with Crippen LogP contribution in [-0.4, -0.2) is 24.5 Å². The van der Waals surface area contributed by atoms with Gasteiger partial charge in [-0.2, -0.15) is 0 Å². The highest BCUT2D eigenvalue weighted by Crippen LogP contribution is 2.08. The first kappa shape index (κ1) is 15.0. The fourth-order valence-electron chi connectivity index (χ4n) is 1.55. The number of ether oxygens (including phenoxy) is 1. The zero-order valence-corrected chi connectivity index (χ0v) is 11.3. The molecule has 1 amide bonds. The number of benzene rings is 1. The number of nitrogens with two attached hydrogens (primary N) is 1. The second-order valence-corrected chi connectivity index (χ2v) is 4.34. The molecule has 0 bridgehead atoms. The lowest BCUT2D eigenvalue weighted by molar-refractivity contribution is -0.154. The van der Waals surface area contributed by atoms with Crippen molar-refractivity contribution in [3.05, 3.63) is 29.8 Å². The van der Waals surface area contributed by atoms with Crippen LogP contribution in [0.25, 0.3) is 0 Å². The Morgan fingerprint density at radius 3 is 2.79 bits per heavy atom. The van der Waals surface area contributed by atoms with E-state index in [0.29, 0.717) is 12.2 Å². The van der Waals surface area contributed by atoms with Gasteiger partial charge in [-0.05, 0) is 31.0 Å². The Morgan fingerprint density at radius 1 is 1.42 bits per heavy atom. The molecule has 0 spiro atoms. The van der Waals surface area contributed by atoms with Crippen molar-refractivity contribution in [2.75, 3.05) is 12.3 Å². The van der Waals surface area contributed by atoms with Crippen LogP contribution in [0.4, 0.5) is 5.69 Å². The highest BCUT2D eigenvalue weighted by molar-refractivity contribution is 5.83. The number of amides is 1. The second kappa shape index (κ2) is 7.41.